The van der Waals surface area contributed by atoms with Crippen LogP contribution < -0.4 is 5.73 Å². The van der Waals surface area contributed by atoms with Crippen LogP contribution in [0.3, 0.4) is 0 Å². The fraction of sp³-hybridized carbons (Fsp3) is 0.133. The third-order valence-electron chi connectivity index (χ3n) is 3.19. The quantitative estimate of drug-likeness (QED) is 0.797. The van der Waals surface area contributed by atoms with Crippen LogP contribution in [0, 0.1) is 0 Å². The molecule has 2 N–H and O–H groups in total. The SMILES string of the molecule is Cl.NCC(c1ccccc1)c1ccc2ocnc2c1. The van der Waals surface area contributed by atoms with Gasteiger partial charge in [0.1, 0.15) is 5.52 Å². The van der Waals surface area contributed by atoms with Crippen molar-refractivity contribution in [2.45, 2.75) is 5.92 Å². The van der Waals surface area contributed by atoms with Crippen LogP contribution in [-0.2, 0) is 0 Å². The molecule has 1 aromatic heterocycles. The summed E-state index contributed by atoms with van der Waals surface area (Å²) in [6, 6.07) is 16.3. The topological polar surface area (TPSA) is 52.0 Å². The van der Waals surface area contributed by atoms with Crippen LogP contribution in [-0.4, -0.2) is 11.5 Å². The van der Waals surface area contributed by atoms with Crippen molar-refractivity contribution in [3.63, 3.8) is 0 Å². The summed E-state index contributed by atoms with van der Waals surface area (Å²) in [6.07, 6.45) is 1.47. The zero-order chi connectivity index (χ0) is 12.4. The van der Waals surface area contributed by atoms with Crippen LogP contribution >= 0.6 is 12.4 Å². The summed E-state index contributed by atoms with van der Waals surface area (Å²) in [5.41, 5.74) is 9.99. The van der Waals surface area contributed by atoms with Gasteiger partial charge in [0.05, 0.1) is 0 Å². The molecule has 98 valence electrons. The average molecular weight is 275 g/mol. The summed E-state index contributed by atoms with van der Waals surface area (Å²) in [5.74, 6) is 0.201. The van der Waals surface area contributed by atoms with Gasteiger partial charge in [0.15, 0.2) is 12.0 Å². The van der Waals surface area contributed by atoms with Crippen molar-refractivity contribution in [3.8, 4) is 0 Å². The van der Waals surface area contributed by atoms with Crippen LogP contribution in [0.25, 0.3) is 11.1 Å². The molecule has 0 aliphatic heterocycles. The second-order valence-electron chi connectivity index (χ2n) is 4.28. The first-order chi connectivity index (χ1) is 8.88. The van der Waals surface area contributed by atoms with E-state index >= 15 is 0 Å². The molecule has 0 aliphatic carbocycles. The normalized spacial score (nSPS) is 12.1. The summed E-state index contributed by atoms with van der Waals surface area (Å²) in [6.45, 7) is 0.577. The number of rotatable bonds is 3. The number of benzene rings is 2. The largest absolute Gasteiger partial charge is 0.443 e. The number of nitrogens with two attached hydrogens (primary N) is 1. The fourth-order valence-corrected chi connectivity index (χ4v) is 2.24. The van der Waals surface area contributed by atoms with Crippen molar-refractivity contribution in [2.24, 2.45) is 5.73 Å². The highest BCUT2D eigenvalue weighted by Gasteiger charge is 2.13. The van der Waals surface area contributed by atoms with Gasteiger partial charge in [-0.05, 0) is 23.3 Å². The second kappa shape index (κ2) is 5.87. The Bertz CT molecular complexity index is 651. The van der Waals surface area contributed by atoms with Crippen molar-refractivity contribution >= 4 is 23.5 Å². The first-order valence-corrected chi connectivity index (χ1v) is 5.96. The maximum Gasteiger partial charge on any atom is 0.181 e. The molecule has 0 bridgehead atoms. The summed E-state index contributed by atoms with van der Waals surface area (Å²) in [5, 5.41) is 0. The van der Waals surface area contributed by atoms with E-state index in [9.17, 15) is 0 Å². The predicted molar refractivity (Wildman–Crippen MR) is 78.6 cm³/mol. The Morgan fingerprint density at radius 1 is 1.05 bits per heavy atom. The first-order valence-electron chi connectivity index (χ1n) is 5.96. The highest BCUT2D eigenvalue weighted by Crippen LogP contribution is 2.26. The van der Waals surface area contributed by atoms with Gasteiger partial charge in [0.2, 0.25) is 0 Å². The van der Waals surface area contributed by atoms with Crippen molar-refractivity contribution in [1.82, 2.24) is 4.98 Å². The van der Waals surface area contributed by atoms with E-state index in [-0.39, 0.29) is 18.3 Å². The van der Waals surface area contributed by atoms with E-state index in [2.05, 4.69) is 23.2 Å². The number of halogens is 1. The molecule has 1 atom stereocenters. The molecule has 0 saturated heterocycles. The third kappa shape index (κ3) is 2.62. The number of nitrogens with zero attached hydrogens (tertiary/aromatic N) is 1. The standard InChI is InChI=1S/C15H14N2O.ClH/c16-9-13(11-4-2-1-3-5-11)12-6-7-15-14(8-12)17-10-18-15;/h1-8,10,13H,9,16H2;1H. The van der Waals surface area contributed by atoms with Crippen molar-refractivity contribution in [3.05, 3.63) is 66.1 Å². The molecular weight excluding hydrogens is 260 g/mol. The Morgan fingerprint density at radius 2 is 1.84 bits per heavy atom. The third-order valence-corrected chi connectivity index (χ3v) is 3.19. The molecular formula is C15H15ClN2O. The summed E-state index contributed by atoms with van der Waals surface area (Å²) in [4.78, 5) is 4.18. The number of oxazole rings is 1. The van der Waals surface area contributed by atoms with Gasteiger partial charge in [-0.2, -0.15) is 0 Å². The van der Waals surface area contributed by atoms with Crippen LogP contribution in [0.1, 0.15) is 17.0 Å². The van der Waals surface area contributed by atoms with Crippen molar-refractivity contribution in [2.75, 3.05) is 6.54 Å². The van der Waals surface area contributed by atoms with Gasteiger partial charge in [-0.3, -0.25) is 0 Å². The van der Waals surface area contributed by atoms with Crippen molar-refractivity contribution < 1.29 is 4.42 Å². The fourth-order valence-electron chi connectivity index (χ4n) is 2.24. The Labute approximate surface area is 117 Å². The Balaban J connectivity index is 0.00000133. The smallest absolute Gasteiger partial charge is 0.181 e. The van der Waals surface area contributed by atoms with Gasteiger partial charge in [0.25, 0.3) is 0 Å². The summed E-state index contributed by atoms with van der Waals surface area (Å²) >= 11 is 0. The lowest BCUT2D eigenvalue weighted by Crippen LogP contribution is -2.13. The van der Waals surface area contributed by atoms with E-state index in [1.165, 1.54) is 17.5 Å². The zero-order valence-corrected chi connectivity index (χ0v) is 11.1. The molecule has 1 heterocycles. The van der Waals surface area contributed by atoms with E-state index in [4.69, 9.17) is 10.2 Å². The van der Waals surface area contributed by atoms with Gasteiger partial charge < -0.3 is 10.2 Å². The van der Waals surface area contributed by atoms with Crippen LogP contribution in [0.5, 0.6) is 0 Å². The van der Waals surface area contributed by atoms with Crippen LogP contribution in [0.2, 0.25) is 0 Å². The number of fused-ring (bicyclic) bond motifs is 1. The lowest BCUT2D eigenvalue weighted by Gasteiger charge is -2.15. The molecule has 0 fully saturated rings. The monoisotopic (exact) mass is 274 g/mol. The molecule has 19 heavy (non-hydrogen) atoms. The van der Waals surface area contributed by atoms with Gasteiger partial charge in [0, 0.05) is 12.5 Å². The molecule has 0 aliphatic rings. The maximum atomic E-state index is 5.91. The second-order valence-corrected chi connectivity index (χ2v) is 4.28. The molecule has 0 radical (unpaired) electrons. The molecule has 0 amide bonds. The van der Waals surface area contributed by atoms with Gasteiger partial charge >= 0.3 is 0 Å². The molecule has 0 spiro atoms. The average Bonchev–Trinajstić information content (AvgIpc) is 2.88. The summed E-state index contributed by atoms with van der Waals surface area (Å²) < 4.78 is 5.25. The van der Waals surface area contributed by atoms with Gasteiger partial charge in [-0.1, -0.05) is 36.4 Å². The molecule has 3 rings (SSSR count). The Kier molecular flexibility index (Phi) is 4.20. The van der Waals surface area contributed by atoms with Gasteiger partial charge in [-0.15, -0.1) is 12.4 Å². The highest BCUT2D eigenvalue weighted by molar-refractivity contribution is 5.85. The lowest BCUT2D eigenvalue weighted by atomic mass is 9.91. The molecule has 0 saturated carbocycles. The molecule has 3 nitrogen and oxygen atoms in total. The van der Waals surface area contributed by atoms with E-state index in [1.54, 1.807) is 0 Å². The minimum absolute atomic E-state index is 0. The minimum Gasteiger partial charge on any atom is -0.443 e. The number of aromatic nitrogens is 1. The van der Waals surface area contributed by atoms with E-state index in [0.29, 0.717) is 6.54 Å². The van der Waals surface area contributed by atoms with Crippen LogP contribution in [0.15, 0.2) is 59.3 Å². The molecule has 2 aromatic carbocycles. The maximum absolute atomic E-state index is 5.91. The highest BCUT2D eigenvalue weighted by atomic mass is 35.5. The molecule has 1 unspecified atom stereocenters. The lowest BCUT2D eigenvalue weighted by molar-refractivity contribution is 0.602. The zero-order valence-electron chi connectivity index (χ0n) is 10.3. The summed E-state index contributed by atoms with van der Waals surface area (Å²) in [7, 11) is 0. The Hall–Kier alpha value is -1.84. The first kappa shape index (κ1) is 13.6. The molecule has 3 aromatic rings. The predicted octanol–water partition coefficient (Wildman–Crippen LogP) is 3.34. The van der Waals surface area contributed by atoms with Crippen molar-refractivity contribution in [1.29, 1.82) is 0 Å². The van der Waals surface area contributed by atoms with Gasteiger partial charge in [-0.25, -0.2) is 4.98 Å². The van der Waals surface area contributed by atoms with E-state index in [0.717, 1.165) is 11.1 Å². The minimum atomic E-state index is 0. The van der Waals surface area contributed by atoms with E-state index in [1.807, 2.05) is 30.3 Å². The van der Waals surface area contributed by atoms with Crippen LogP contribution in [0.4, 0.5) is 0 Å². The number of hydrogen-bond acceptors (Lipinski definition) is 3. The Morgan fingerprint density at radius 3 is 2.58 bits per heavy atom. The number of hydrogen-bond donors (Lipinski definition) is 1. The molecule has 4 heteroatoms. The van der Waals surface area contributed by atoms with E-state index < -0.39 is 0 Å².